The summed E-state index contributed by atoms with van der Waals surface area (Å²) >= 11 is 0. The Bertz CT molecular complexity index is 2570. The van der Waals surface area contributed by atoms with Crippen LogP contribution in [0.4, 0.5) is 0 Å². The number of rotatable bonds is 6. The number of ether oxygens (including phenoxy) is 2. The number of fused-ring (bicyclic) bond motifs is 6. The molecule has 5 fully saturated rings. The summed E-state index contributed by atoms with van der Waals surface area (Å²) in [5.41, 5.74) is 8.46. The van der Waals surface area contributed by atoms with E-state index in [1.807, 2.05) is 0 Å². The average molecular weight is 1010 g/mol. The molecule has 6 bridgehead atoms. The second kappa shape index (κ2) is 20.7. The molecule has 3 saturated carbocycles. The zero-order chi connectivity index (χ0) is 50.2. The molecule has 0 aromatic rings. The summed E-state index contributed by atoms with van der Waals surface area (Å²) in [6, 6.07) is 2.32. The van der Waals surface area contributed by atoms with Gasteiger partial charge in [0.15, 0.2) is 0 Å². The van der Waals surface area contributed by atoms with Crippen molar-refractivity contribution >= 4 is 0 Å². The molecule has 0 aromatic heterocycles. The molecular formula is C71H92N2O2. The second-order valence-electron chi connectivity index (χ2n) is 27.4. The third kappa shape index (κ3) is 9.06. The highest BCUT2D eigenvalue weighted by molar-refractivity contribution is 5.44. The van der Waals surface area contributed by atoms with E-state index in [-0.39, 0.29) is 5.41 Å². The molecule has 0 aromatic carbocycles. The average Bonchev–Trinajstić information content (AvgIpc) is 4.01. The predicted octanol–water partition coefficient (Wildman–Crippen LogP) is 16.7. The first-order chi connectivity index (χ1) is 36.9. The largest absolute Gasteiger partial charge is 0.495 e. The van der Waals surface area contributed by atoms with Crippen molar-refractivity contribution in [1.82, 2.24) is 9.80 Å². The van der Waals surface area contributed by atoms with Crippen LogP contribution in [0.5, 0.6) is 0 Å². The minimum atomic E-state index is 0.173. The van der Waals surface area contributed by atoms with Crippen LogP contribution in [0.15, 0.2) is 156 Å². The number of allylic oxidation sites excluding steroid dienone is 20. The van der Waals surface area contributed by atoms with Crippen LogP contribution >= 0.6 is 0 Å². The van der Waals surface area contributed by atoms with Gasteiger partial charge >= 0.3 is 0 Å². The van der Waals surface area contributed by atoms with Gasteiger partial charge < -0.3 is 19.3 Å². The van der Waals surface area contributed by atoms with Gasteiger partial charge in [-0.2, -0.15) is 0 Å². The highest BCUT2D eigenvalue weighted by Gasteiger charge is 2.56. The molecule has 2 saturated heterocycles. The fraction of sp³-hybridized carbons (Fsp3) is 0.634. The van der Waals surface area contributed by atoms with Crippen molar-refractivity contribution in [2.45, 2.75) is 204 Å². The molecular weight excluding hydrogens is 913 g/mol. The third-order valence-electron chi connectivity index (χ3n) is 23.6. The van der Waals surface area contributed by atoms with Gasteiger partial charge in [0.05, 0.1) is 18.0 Å². The van der Waals surface area contributed by atoms with Crippen LogP contribution in [0.1, 0.15) is 162 Å². The fourth-order valence-electron chi connectivity index (χ4n) is 19.7. The zero-order valence-electron chi connectivity index (χ0n) is 46.1. The van der Waals surface area contributed by atoms with Gasteiger partial charge in [0, 0.05) is 60.2 Å². The van der Waals surface area contributed by atoms with Gasteiger partial charge in [-0.25, -0.2) is 0 Å². The van der Waals surface area contributed by atoms with E-state index in [9.17, 15) is 0 Å². The maximum absolute atomic E-state index is 7.11. The molecule has 19 rings (SSSR count). The van der Waals surface area contributed by atoms with Gasteiger partial charge in [-0.05, 0) is 223 Å². The summed E-state index contributed by atoms with van der Waals surface area (Å²) in [5, 5.41) is 0. The summed E-state index contributed by atoms with van der Waals surface area (Å²) in [4.78, 5) is 6.15. The SMILES string of the molecule is C=CC1CC=C(OC2CC=C(C3CC4CCC3C3C=CC=CC3C3=CCC(C=C3)C(C)(C)C3CC5C(CC3C3C=CC(=CC3)N4C3CCC4C(C3)OC3C=CCCC34)C3=CCCC=C3N5C3CC=CCC3)CC2)CC1. The lowest BCUT2D eigenvalue weighted by molar-refractivity contribution is -0.0131. The molecule has 8 aliphatic heterocycles. The lowest BCUT2D eigenvalue weighted by Gasteiger charge is -2.54. The molecule has 0 spiro atoms. The maximum atomic E-state index is 7.11. The Hall–Kier alpha value is -4.02. The third-order valence-corrected chi connectivity index (χ3v) is 23.6. The number of hydrogen-bond donors (Lipinski definition) is 0. The number of likely N-dealkylation sites (tertiary alicyclic amines) is 1. The first kappa shape index (κ1) is 49.3. The standard InChI is InChI=1S/C71H92N2O2/c1-4-46-22-36-55(37-23-46)74-56-38-28-48(29-39-56)63-42-53-34-40-59(63)58-17-9-8-16-57(58)47-24-30-50(31-25-47)71(2,3)66-45-68-65(60-18-10-12-20-67(60)73(68)51-14-6-5-7-15-51)44-64(66)49-26-32-52(33-27-49)72(53)54-35-41-62-61-19-11-13-21-69(61)75-70(62)43-54/h4-6,8-9,13,16-18,20-21,24-26,28,30,32-33,36,46,49-51,53-54,56-59,61-66,68-70H,1,7,10-12,14-15,19,22-23,27,29,31,34-35,37-45H2,2-3H3. The molecule has 4 heteroatoms. The molecule has 8 heterocycles. The van der Waals surface area contributed by atoms with Crippen LogP contribution in [-0.2, 0) is 9.47 Å². The van der Waals surface area contributed by atoms with Crippen LogP contribution in [0.2, 0.25) is 0 Å². The highest BCUT2D eigenvalue weighted by Crippen LogP contribution is 2.60. The van der Waals surface area contributed by atoms with E-state index in [1.165, 1.54) is 128 Å². The second-order valence-corrected chi connectivity index (χ2v) is 27.4. The molecule has 19 atom stereocenters. The van der Waals surface area contributed by atoms with E-state index < -0.39 is 0 Å². The monoisotopic (exact) mass is 1000 g/mol. The van der Waals surface area contributed by atoms with Crippen molar-refractivity contribution in [1.29, 1.82) is 0 Å². The summed E-state index contributed by atoms with van der Waals surface area (Å²) in [6.07, 6.45) is 78.1. The van der Waals surface area contributed by atoms with Gasteiger partial charge in [-0.15, -0.1) is 6.58 Å². The quantitative estimate of drug-likeness (QED) is 0.248. The lowest BCUT2D eigenvalue weighted by Crippen LogP contribution is -2.51. The van der Waals surface area contributed by atoms with Crippen molar-refractivity contribution in [2.75, 3.05) is 0 Å². The smallest absolute Gasteiger partial charge is 0.102 e. The van der Waals surface area contributed by atoms with Gasteiger partial charge in [-0.1, -0.05) is 123 Å². The highest BCUT2D eigenvalue weighted by atomic mass is 16.5. The molecule has 19 unspecified atom stereocenters. The Labute approximate surface area is 453 Å². The Kier molecular flexibility index (Phi) is 13.6. The van der Waals surface area contributed by atoms with Crippen LogP contribution in [0.25, 0.3) is 0 Å². The van der Waals surface area contributed by atoms with Gasteiger partial charge in [0.25, 0.3) is 0 Å². The van der Waals surface area contributed by atoms with Crippen molar-refractivity contribution in [3.05, 3.63) is 156 Å². The normalized spacial score (nSPS) is 44.3. The van der Waals surface area contributed by atoms with Crippen LogP contribution < -0.4 is 0 Å². The van der Waals surface area contributed by atoms with Crippen molar-refractivity contribution in [3.8, 4) is 0 Å². The first-order valence-corrected chi connectivity index (χ1v) is 31.6. The molecule has 0 N–H and O–H groups in total. The molecule has 0 amide bonds. The van der Waals surface area contributed by atoms with E-state index >= 15 is 0 Å². The van der Waals surface area contributed by atoms with Crippen LogP contribution in [0, 0.1) is 76.4 Å². The minimum absolute atomic E-state index is 0.173. The lowest BCUT2D eigenvalue weighted by atomic mass is 9.53. The molecule has 0 radical (unpaired) electrons. The van der Waals surface area contributed by atoms with E-state index in [4.69, 9.17) is 9.47 Å². The molecule has 398 valence electrons. The Morgan fingerprint density at radius 1 is 0.627 bits per heavy atom. The summed E-state index contributed by atoms with van der Waals surface area (Å²) in [6.45, 7) is 9.54. The Balaban J connectivity index is 0.822. The van der Waals surface area contributed by atoms with Gasteiger partial charge in [0.1, 0.15) is 6.10 Å². The summed E-state index contributed by atoms with van der Waals surface area (Å²) in [5.74, 6) is 8.52. The Morgan fingerprint density at radius 2 is 1.51 bits per heavy atom. The molecule has 19 aliphatic rings. The van der Waals surface area contributed by atoms with E-state index in [0.29, 0.717) is 102 Å². The summed E-state index contributed by atoms with van der Waals surface area (Å²) < 4.78 is 14.0. The van der Waals surface area contributed by atoms with Crippen molar-refractivity contribution in [2.24, 2.45) is 76.4 Å². The van der Waals surface area contributed by atoms with Crippen LogP contribution in [-0.4, -0.2) is 52.3 Å². The number of hydrogen-bond acceptors (Lipinski definition) is 4. The van der Waals surface area contributed by atoms with Gasteiger partial charge in [0.2, 0.25) is 0 Å². The Morgan fingerprint density at radius 3 is 2.31 bits per heavy atom. The molecule has 11 aliphatic carbocycles. The van der Waals surface area contributed by atoms with E-state index in [1.54, 1.807) is 28.1 Å². The number of nitrogens with zero attached hydrogens (tertiary/aromatic N) is 2. The maximum Gasteiger partial charge on any atom is 0.102 e. The minimum Gasteiger partial charge on any atom is -0.495 e. The molecule has 75 heavy (non-hydrogen) atoms. The van der Waals surface area contributed by atoms with Crippen LogP contribution in [0.3, 0.4) is 0 Å². The fourth-order valence-corrected chi connectivity index (χ4v) is 19.7. The van der Waals surface area contributed by atoms with Crippen molar-refractivity contribution in [3.63, 3.8) is 0 Å². The zero-order valence-corrected chi connectivity index (χ0v) is 46.1. The van der Waals surface area contributed by atoms with Gasteiger partial charge in [-0.3, -0.25) is 0 Å². The molecule has 4 nitrogen and oxygen atoms in total. The predicted molar refractivity (Wildman–Crippen MR) is 308 cm³/mol. The first-order valence-electron chi connectivity index (χ1n) is 31.6. The van der Waals surface area contributed by atoms with E-state index in [0.717, 1.165) is 37.5 Å². The van der Waals surface area contributed by atoms with Crippen molar-refractivity contribution < 1.29 is 9.47 Å². The summed E-state index contributed by atoms with van der Waals surface area (Å²) in [7, 11) is 0. The van der Waals surface area contributed by atoms with E-state index in [2.05, 4.69) is 146 Å². The topological polar surface area (TPSA) is 24.9 Å².